The Morgan fingerprint density at radius 3 is 2.36 bits per heavy atom. The van der Waals surface area contributed by atoms with Gasteiger partial charge in [-0.15, -0.1) is 5.10 Å². The van der Waals surface area contributed by atoms with Gasteiger partial charge in [-0.2, -0.15) is 0 Å². The van der Waals surface area contributed by atoms with Crippen molar-refractivity contribution in [1.82, 2.24) is 20.8 Å². The molecule has 1 aliphatic carbocycles. The van der Waals surface area contributed by atoms with Crippen LogP contribution >= 0.6 is 0 Å². The molecule has 0 spiro atoms. The second-order valence-corrected chi connectivity index (χ2v) is 9.61. The number of hydrogen-bond acceptors (Lipinski definition) is 7. The van der Waals surface area contributed by atoms with E-state index in [1.807, 2.05) is 31.2 Å². The normalized spacial score (nSPS) is 13.8. The second kappa shape index (κ2) is 9.09. The number of nitrogen functional groups attached to an aromatic ring is 1. The highest BCUT2D eigenvalue weighted by molar-refractivity contribution is 6.12. The SMILES string of the molecule is CNC(=O)c1c(-c2ccc(F)cc2)oc2ccc(-c3cc(C(=O)NC4(c5nnc(N)o5)CC4)ccc3C)cc12. The minimum atomic E-state index is -0.707. The summed E-state index contributed by atoms with van der Waals surface area (Å²) in [6.45, 7) is 1.95. The van der Waals surface area contributed by atoms with E-state index in [1.165, 1.54) is 12.1 Å². The predicted molar refractivity (Wildman–Crippen MR) is 142 cm³/mol. The van der Waals surface area contributed by atoms with Crippen molar-refractivity contribution in [2.45, 2.75) is 25.3 Å². The maximum Gasteiger partial charge on any atom is 0.312 e. The zero-order chi connectivity index (χ0) is 27.3. The molecule has 1 saturated carbocycles. The molecule has 10 heteroatoms. The van der Waals surface area contributed by atoms with Crippen LogP contribution in [0.15, 0.2) is 69.5 Å². The third-order valence-electron chi connectivity index (χ3n) is 7.01. The van der Waals surface area contributed by atoms with Crippen LogP contribution in [0.2, 0.25) is 0 Å². The zero-order valence-corrected chi connectivity index (χ0v) is 21.2. The lowest BCUT2D eigenvalue weighted by Crippen LogP contribution is -2.35. The topological polar surface area (TPSA) is 136 Å². The van der Waals surface area contributed by atoms with E-state index in [4.69, 9.17) is 14.6 Å². The Kier molecular flexibility index (Phi) is 5.67. The van der Waals surface area contributed by atoms with Crippen molar-refractivity contribution in [2.75, 3.05) is 12.8 Å². The van der Waals surface area contributed by atoms with Crippen LogP contribution < -0.4 is 16.4 Å². The fourth-order valence-corrected chi connectivity index (χ4v) is 4.73. The molecular weight excluding hydrogens is 501 g/mol. The first-order chi connectivity index (χ1) is 18.8. The van der Waals surface area contributed by atoms with Crippen molar-refractivity contribution in [1.29, 1.82) is 0 Å². The molecular formula is C29H24FN5O4. The Hall–Kier alpha value is -4.99. The van der Waals surface area contributed by atoms with Crippen LogP contribution in [0.25, 0.3) is 33.4 Å². The van der Waals surface area contributed by atoms with Gasteiger partial charge in [0.1, 0.15) is 22.7 Å². The number of amides is 2. The van der Waals surface area contributed by atoms with E-state index in [1.54, 1.807) is 31.3 Å². The molecule has 2 aromatic heterocycles. The predicted octanol–water partition coefficient (Wildman–Crippen LogP) is 4.96. The summed E-state index contributed by atoms with van der Waals surface area (Å²) < 4.78 is 24.9. The summed E-state index contributed by atoms with van der Waals surface area (Å²) in [6.07, 6.45) is 1.35. The average Bonchev–Trinajstić information content (AvgIpc) is 3.40. The van der Waals surface area contributed by atoms with E-state index in [2.05, 4.69) is 20.8 Å². The summed E-state index contributed by atoms with van der Waals surface area (Å²) in [6, 6.07) is 16.7. The maximum absolute atomic E-state index is 13.5. The van der Waals surface area contributed by atoms with Crippen LogP contribution in [0.4, 0.5) is 10.4 Å². The van der Waals surface area contributed by atoms with E-state index in [0.29, 0.717) is 52.2 Å². The van der Waals surface area contributed by atoms with Gasteiger partial charge in [-0.1, -0.05) is 17.2 Å². The lowest BCUT2D eigenvalue weighted by Gasteiger charge is -2.15. The number of hydrogen-bond donors (Lipinski definition) is 3. The number of aromatic nitrogens is 2. The summed E-state index contributed by atoms with van der Waals surface area (Å²) in [4.78, 5) is 26.2. The van der Waals surface area contributed by atoms with Crippen LogP contribution in [0.1, 0.15) is 45.0 Å². The second-order valence-electron chi connectivity index (χ2n) is 9.61. The van der Waals surface area contributed by atoms with E-state index < -0.39 is 5.54 Å². The minimum absolute atomic E-state index is 0.0449. The fraction of sp³-hybridized carbons (Fsp3) is 0.172. The number of benzene rings is 3. The van der Waals surface area contributed by atoms with Crippen LogP contribution in [0, 0.1) is 12.7 Å². The molecule has 0 bridgehead atoms. The van der Waals surface area contributed by atoms with Gasteiger partial charge < -0.3 is 25.2 Å². The van der Waals surface area contributed by atoms with Crippen LogP contribution in [0.5, 0.6) is 0 Å². The smallest absolute Gasteiger partial charge is 0.312 e. The number of fused-ring (bicyclic) bond motifs is 1. The number of carbonyl (C=O) groups excluding carboxylic acids is 2. The van der Waals surface area contributed by atoms with Crippen molar-refractivity contribution in [2.24, 2.45) is 0 Å². The molecule has 1 aliphatic rings. The molecule has 3 aromatic carbocycles. The van der Waals surface area contributed by atoms with Crippen molar-refractivity contribution < 1.29 is 22.8 Å². The monoisotopic (exact) mass is 525 g/mol. The largest absolute Gasteiger partial charge is 0.455 e. The molecule has 9 nitrogen and oxygen atoms in total. The highest BCUT2D eigenvalue weighted by Gasteiger charge is 2.50. The van der Waals surface area contributed by atoms with Gasteiger partial charge in [-0.3, -0.25) is 9.59 Å². The molecule has 6 rings (SSSR count). The molecule has 0 radical (unpaired) electrons. The zero-order valence-electron chi connectivity index (χ0n) is 21.2. The summed E-state index contributed by atoms with van der Waals surface area (Å²) >= 11 is 0. The van der Waals surface area contributed by atoms with Crippen LogP contribution in [-0.2, 0) is 5.54 Å². The first-order valence-electron chi connectivity index (χ1n) is 12.4. The Labute approximate surface area is 222 Å². The summed E-state index contributed by atoms with van der Waals surface area (Å²) in [5.74, 6) is -0.342. The van der Waals surface area contributed by atoms with Crippen molar-refractivity contribution >= 4 is 28.8 Å². The number of carbonyl (C=O) groups is 2. The third-order valence-corrected chi connectivity index (χ3v) is 7.01. The van der Waals surface area contributed by atoms with Gasteiger partial charge in [0.05, 0.1) is 5.56 Å². The molecule has 196 valence electrons. The van der Waals surface area contributed by atoms with E-state index in [9.17, 15) is 14.0 Å². The molecule has 0 atom stereocenters. The van der Waals surface area contributed by atoms with Crippen molar-refractivity contribution in [3.63, 3.8) is 0 Å². The Bertz CT molecular complexity index is 1750. The number of nitrogens with zero attached hydrogens (tertiary/aromatic N) is 2. The standard InChI is InChI=1S/C29H24FN5O4/c1-15-3-4-18(25(36)33-29(11-12-29)27-34-35-28(31)39-27)14-20(15)17-7-10-22-21(13-17)23(26(37)32-2)24(38-22)16-5-8-19(30)9-6-16/h3-10,13-14H,11-12H2,1-2H3,(H2,31,35)(H,32,37)(H,33,36). The van der Waals surface area contributed by atoms with Crippen molar-refractivity contribution in [3.8, 4) is 22.5 Å². The Morgan fingerprint density at radius 1 is 0.949 bits per heavy atom. The fourth-order valence-electron chi connectivity index (χ4n) is 4.73. The number of anilines is 1. The first-order valence-corrected chi connectivity index (χ1v) is 12.4. The van der Waals surface area contributed by atoms with Gasteiger partial charge in [0.2, 0.25) is 5.89 Å². The van der Waals surface area contributed by atoms with Crippen LogP contribution in [-0.4, -0.2) is 29.1 Å². The van der Waals surface area contributed by atoms with Gasteiger partial charge in [-0.25, -0.2) is 4.39 Å². The van der Waals surface area contributed by atoms with Crippen molar-refractivity contribution in [3.05, 3.63) is 89.1 Å². The van der Waals surface area contributed by atoms with E-state index in [-0.39, 0.29) is 23.6 Å². The molecule has 2 amide bonds. The lowest BCUT2D eigenvalue weighted by atomic mass is 9.95. The molecule has 1 fully saturated rings. The maximum atomic E-state index is 13.5. The highest BCUT2D eigenvalue weighted by Crippen LogP contribution is 2.45. The first kappa shape index (κ1) is 24.4. The molecule has 2 heterocycles. The average molecular weight is 526 g/mol. The molecule has 4 N–H and O–H groups in total. The third kappa shape index (κ3) is 4.29. The number of furan rings is 1. The Morgan fingerprint density at radius 2 is 1.69 bits per heavy atom. The lowest BCUT2D eigenvalue weighted by molar-refractivity contribution is 0.0921. The van der Waals surface area contributed by atoms with Gasteiger partial charge >= 0.3 is 6.01 Å². The highest BCUT2D eigenvalue weighted by atomic mass is 19.1. The molecule has 0 aliphatic heterocycles. The quantitative estimate of drug-likeness (QED) is 0.285. The van der Waals surface area contributed by atoms with Gasteiger partial charge in [0.25, 0.3) is 11.8 Å². The molecule has 0 saturated heterocycles. The molecule has 5 aromatic rings. The number of nitrogens with one attached hydrogen (secondary N) is 2. The van der Waals surface area contributed by atoms with Gasteiger partial charge in [0, 0.05) is 23.6 Å². The van der Waals surface area contributed by atoms with E-state index >= 15 is 0 Å². The number of rotatable bonds is 6. The van der Waals surface area contributed by atoms with E-state index in [0.717, 1.165) is 16.7 Å². The number of nitrogens with two attached hydrogens (primary N) is 1. The Balaban J connectivity index is 1.38. The molecule has 0 unspecified atom stereocenters. The summed E-state index contributed by atoms with van der Waals surface area (Å²) in [7, 11) is 1.54. The summed E-state index contributed by atoms with van der Waals surface area (Å²) in [5.41, 5.74) is 9.33. The number of halogens is 1. The minimum Gasteiger partial charge on any atom is -0.455 e. The number of aryl methyl sites for hydroxylation is 1. The molecule has 39 heavy (non-hydrogen) atoms. The summed E-state index contributed by atoms with van der Waals surface area (Å²) in [5, 5.41) is 13.9. The van der Waals surface area contributed by atoms with Gasteiger partial charge in [0.15, 0.2) is 0 Å². The van der Waals surface area contributed by atoms with Crippen LogP contribution in [0.3, 0.4) is 0 Å². The van der Waals surface area contributed by atoms with Gasteiger partial charge in [-0.05, 0) is 85.0 Å².